The number of hydrogen-bond acceptors (Lipinski definition) is 3. The highest BCUT2D eigenvalue weighted by Gasteiger charge is 2.43. The van der Waals surface area contributed by atoms with Crippen molar-refractivity contribution < 1.29 is 9.90 Å². The molecule has 3 aromatic carbocycles. The van der Waals surface area contributed by atoms with Crippen LogP contribution in [0.4, 0.5) is 4.79 Å². The summed E-state index contributed by atoms with van der Waals surface area (Å²) in [4.78, 5) is 15.8. The van der Waals surface area contributed by atoms with Gasteiger partial charge in [-0.1, -0.05) is 84.9 Å². The second kappa shape index (κ2) is 11.1. The van der Waals surface area contributed by atoms with E-state index in [1.165, 1.54) is 25.8 Å². The molecule has 6 rings (SSSR count). The molecule has 2 amide bonds. The number of hydrogen-bond donors (Lipinski definition) is 3. The minimum Gasteiger partial charge on any atom is -0.378 e. The van der Waals surface area contributed by atoms with Crippen LogP contribution in [-0.4, -0.2) is 34.7 Å². The fourth-order valence-electron chi connectivity index (χ4n) is 7.47. The lowest BCUT2D eigenvalue weighted by Gasteiger charge is -2.36. The largest absolute Gasteiger partial charge is 0.378 e. The van der Waals surface area contributed by atoms with E-state index in [-0.39, 0.29) is 12.1 Å². The number of rotatable bonds is 8. The van der Waals surface area contributed by atoms with E-state index in [1.807, 2.05) is 67.6 Å². The summed E-state index contributed by atoms with van der Waals surface area (Å²) in [6, 6.07) is 28.9. The Hall–Kier alpha value is -3.15. The second-order valence-corrected chi connectivity index (χ2v) is 11.8. The number of aliphatic hydroxyl groups is 1. The molecule has 2 bridgehead atoms. The molecule has 2 heterocycles. The molecule has 204 valence electrons. The highest BCUT2D eigenvalue weighted by Crippen LogP contribution is 2.53. The van der Waals surface area contributed by atoms with E-state index in [4.69, 9.17) is 0 Å². The molecular formula is C34H41N3O2. The number of nitrogens with one attached hydrogen (secondary N) is 2. The van der Waals surface area contributed by atoms with Gasteiger partial charge in [0.15, 0.2) is 0 Å². The van der Waals surface area contributed by atoms with Crippen molar-refractivity contribution in [3.05, 3.63) is 107 Å². The maximum Gasteiger partial charge on any atom is 0.315 e. The Labute approximate surface area is 232 Å². The smallest absolute Gasteiger partial charge is 0.315 e. The first-order valence-corrected chi connectivity index (χ1v) is 14.8. The van der Waals surface area contributed by atoms with Crippen molar-refractivity contribution in [2.24, 2.45) is 5.92 Å². The van der Waals surface area contributed by atoms with Crippen LogP contribution in [0.25, 0.3) is 0 Å². The van der Waals surface area contributed by atoms with E-state index in [9.17, 15) is 9.90 Å². The summed E-state index contributed by atoms with van der Waals surface area (Å²) in [6.45, 7) is 3.06. The fourth-order valence-corrected chi connectivity index (χ4v) is 7.47. The number of urea groups is 1. The van der Waals surface area contributed by atoms with Crippen LogP contribution >= 0.6 is 0 Å². The summed E-state index contributed by atoms with van der Waals surface area (Å²) >= 11 is 0. The van der Waals surface area contributed by atoms with Crippen LogP contribution in [0.1, 0.15) is 86.2 Å². The predicted octanol–water partition coefficient (Wildman–Crippen LogP) is 6.45. The molecule has 2 fully saturated rings. The van der Waals surface area contributed by atoms with Gasteiger partial charge in [0.25, 0.3) is 0 Å². The van der Waals surface area contributed by atoms with Gasteiger partial charge in [0.1, 0.15) is 5.60 Å². The highest BCUT2D eigenvalue weighted by atomic mass is 16.3. The minimum atomic E-state index is -1.33. The molecule has 3 aliphatic rings. The quantitative estimate of drug-likeness (QED) is 0.318. The molecule has 0 radical (unpaired) electrons. The molecule has 3 aromatic rings. The van der Waals surface area contributed by atoms with Crippen LogP contribution < -0.4 is 10.6 Å². The summed E-state index contributed by atoms with van der Waals surface area (Å²) in [5, 5.41) is 18.2. The zero-order chi connectivity index (χ0) is 26.8. The standard InChI is InChI=1S/C34H41N3O2/c1-24(34(39,26-10-4-2-5-11-26)27-12-6-3-7-13-27)35-33(38)36-28-18-16-25(17-19-28)22-23-37-31-20-21-32(37)30-15-9-8-14-29(30)31/h2-15,24-25,28,31-32,39H,16-23H2,1H3,(H2,35,36,38)/t24-,25-,28-,31-,32+/m0/s1. The Bertz CT molecular complexity index is 1190. The Kier molecular flexibility index (Phi) is 7.46. The molecule has 0 aromatic heterocycles. The molecule has 1 saturated carbocycles. The first kappa shape index (κ1) is 26.1. The molecule has 1 saturated heterocycles. The Morgan fingerprint density at radius 1 is 0.821 bits per heavy atom. The SMILES string of the molecule is C[C@H](NC(=O)N[C@H]1CC[C@H](CCN2[C@@H]3CC[C@H]2c2ccccc23)CC1)C(O)(c1ccccc1)c1ccccc1. The van der Waals surface area contributed by atoms with Crippen molar-refractivity contribution in [2.75, 3.05) is 6.54 Å². The fraction of sp³-hybridized carbons (Fsp3) is 0.441. The molecule has 39 heavy (non-hydrogen) atoms. The lowest BCUT2D eigenvalue weighted by atomic mass is 9.81. The molecule has 0 unspecified atom stereocenters. The van der Waals surface area contributed by atoms with Crippen LogP contribution in [0, 0.1) is 5.92 Å². The second-order valence-electron chi connectivity index (χ2n) is 11.8. The molecule has 5 nitrogen and oxygen atoms in total. The van der Waals surface area contributed by atoms with Gasteiger partial charge >= 0.3 is 6.03 Å². The van der Waals surface area contributed by atoms with Gasteiger partial charge in [-0.05, 0) is 86.6 Å². The zero-order valence-corrected chi connectivity index (χ0v) is 22.9. The van der Waals surface area contributed by atoms with Crippen molar-refractivity contribution in [3.63, 3.8) is 0 Å². The first-order chi connectivity index (χ1) is 19.0. The summed E-state index contributed by atoms with van der Waals surface area (Å²) in [5.41, 5.74) is 3.33. The van der Waals surface area contributed by atoms with Gasteiger partial charge in [0.2, 0.25) is 0 Å². The average Bonchev–Trinajstić information content (AvgIpc) is 3.53. The van der Waals surface area contributed by atoms with Crippen LogP contribution in [0.5, 0.6) is 0 Å². The third-order valence-corrected chi connectivity index (χ3v) is 9.61. The predicted molar refractivity (Wildman–Crippen MR) is 155 cm³/mol. The summed E-state index contributed by atoms with van der Waals surface area (Å²) < 4.78 is 0. The maximum atomic E-state index is 13.1. The van der Waals surface area contributed by atoms with Crippen LogP contribution in [0.15, 0.2) is 84.9 Å². The third kappa shape index (κ3) is 5.10. The Balaban J connectivity index is 1.00. The molecule has 3 N–H and O–H groups in total. The molecule has 0 spiro atoms. The van der Waals surface area contributed by atoms with Crippen molar-refractivity contribution >= 4 is 6.03 Å². The summed E-state index contributed by atoms with van der Waals surface area (Å²) in [6.07, 6.45) is 8.20. The van der Waals surface area contributed by atoms with E-state index in [1.54, 1.807) is 11.1 Å². The van der Waals surface area contributed by atoms with Gasteiger partial charge in [-0.3, -0.25) is 4.90 Å². The first-order valence-electron chi connectivity index (χ1n) is 14.8. The molecule has 3 atom stereocenters. The van der Waals surface area contributed by atoms with E-state index < -0.39 is 11.6 Å². The lowest BCUT2D eigenvalue weighted by Crippen LogP contribution is -2.54. The number of amides is 2. The van der Waals surface area contributed by atoms with E-state index in [2.05, 4.69) is 39.8 Å². The molecule has 5 heteroatoms. The molecule has 2 aliphatic heterocycles. The van der Waals surface area contributed by atoms with E-state index >= 15 is 0 Å². The van der Waals surface area contributed by atoms with Gasteiger partial charge < -0.3 is 15.7 Å². The van der Waals surface area contributed by atoms with Crippen LogP contribution in [0.2, 0.25) is 0 Å². The zero-order valence-electron chi connectivity index (χ0n) is 22.9. The summed E-state index contributed by atoms with van der Waals surface area (Å²) in [5.74, 6) is 0.731. The minimum absolute atomic E-state index is 0.183. The van der Waals surface area contributed by atoms with Crippen molar-refractivity contribution in [3.8, 4) is 0 Å². The van der Waals surface area contributed by atoms with Crippen molar-refractivity contribution in [1.29, 1.82) is 0 Å². The van der Waals surface area contributed by atoms with Crippen molar-refractivity contribution in [2.45, 2.75) is 81.6 Å². The molecular weight excluding hydrogens is 482 g/mol. The lowest BCUT2D eigenvalue weighted by molar-refractivity contribution is 0.0470. The highest BCUT2D eigenvalue weighted by molar-refractivity contribution is 5.75. The molecule has 1 aliphatic carbocycles. The van der Waals surface area contributed by atoms with Crippen LogP contribution in [-0.2, 0) is 5.60 Å². The van der Waals surface area contributed by atoms with Crippen LogP contribution in [0.3, 0.4) is 0 Å². The van der Waals surface area contributed by atoms with Crippen molar-refractivity contribution in [1.82, 2.24) is 15.5 Å². The third-order valence-electron chi connectivity index (χ3n) is 9.61. The number of carbonyl (C=O) groups excluding carboxylic acids is 1. The van der Waals surface area contributed by atoms with Gasteiger partial charge in [0, 0.05) is 18.1 Å². The Morgan fingerprint density at radius 3 is 1.87 bits per heavy atom. The number of fused-ring (bicyclic) bond motifs is 5. The Morgan fingerprint density at radius 2 is 1.33 bits per heavy atom. The van der Waals surface area contributed by atoms with E-state index in [0.717, 1.165) is 42.7 Å². The average molecular weight is 524 g/mol. The monoisotopic (exact) mass is 523 g/mol. The number of benzene rings is 3. The van der Waals surface area contributed by atoms with Gasteiger partial charge in [0.05, 0.1) is 6.04 Å². The normalized spacial score (nSPS) is 25.2. The number of carbonyl (C=O) groups is 1. The van der Waals surface area contributed by atoms with Gasteiger partial charge in [-0.15, -0.1) is 0 Å². The van der Waals surface area contributed by atoms with Gasteiger partial charge in [-0.25, -0.2) is 4.79 Å². The topological polar surface area (TPSA) is 64.6 Å². The maximum absolute atomic E-state index is 13.1. The van der Waals surface area contributed by atoms with Gasteiger partial charge in [-0.2, -0.15) is 0 Å². The van der Waals surface area contributed by atoms with E-state index in [0.29, 0.717) is 12.1 Å². The number of nitrogens with zero attached hydrogens (tertiary/aromatic N) is 1. The summed E-state index contributed by atoms with van der Waals surface area (Å²) in [7, 11) is 0.